The molecule has 8 rings (SSSR count). The quantitative estimate of drug-likeness (QED) is 0.404. The Morgan fingerprint density at radius 3 is 2.80 bits per heavy atom. The highest BCUT2D eigenvalue weighted by molar-refractivity contribution is 6.16. The van der Waals surface area contributed by atoms with E-state index < -0.39 is 6.17 Å². The number of hydrogen-bond acceptors (Lipinski definition) is 8. The number of aromatic nitrogens is 2. The zero-order valence-electron chi connectivity index (χ0n) is 25.7. The second-order valence-electron chi connectivity index (χ2n) is 13.7. The maximum Gasteiger partial charge on any atom is 0.318 e. The summed E-state index contributed by atoms with van der Waals surface area (Å²) in [6.45, 7) is 6.07. The molecule has 238 valence electrons. The van der Waals surface area contributed by atoms with Gasteiger partial charge in [0, 0.05) is 43.0 Å². The number of nitrogens with one attached hydrogen (secondary N) is 1. The van der Waals surface area contributed by atoms with Crippen LogP contribution in [-0.4, -0.2) is 82.5 Å². The number of aromatic hydroxyl groups is 1. The lowest BCUT2D eigenvalue weighted by atomic mass is 9.87. The average molecular weight is 619 g/mol. The Morgan fingerprint density at radius 1 is 1.13 bits per heavy atom. The number of alkyl halides is 1. The van der Waals surface area contributed by atoms with E-state index in [1.54, 1.807) is 17.0 Å². The lowest BCUT2D eigenvalue weighted by Crippen LogP contribution is -2.54. The molecule has 3 unspecified atom stereocenters. The van der Waals surface area contributed by atoms with Crippen molar-refractivity contribution in [3.05, 3.63) is 46.9 Å². The first-order valence-electron chi connectivity index (χ1n) is 16.5. The molecule has 0 radical (unpaired) electrons. The van der Waals surface area contributed by atoms with Crippen LogP contribution >= 0.6 is 0 Å². The number of rotatable bonds is 6. The fourth-order valence-corrected chi connectivity index (χ4v) is 8.86. The summed E-state index contributed by atoms with van der Waals surface area (Å²) in [5.41, 5.74) is 1.54. The van der Waals surface area contributed by atoms with E-state index in [-0.39, 0.29) is 41.1 Å². The number of nitrogens with zero attached hydrogens (tertiary/aromatic N) is 5. The van der Waals surface area contributed by atoms with E-state index in [0.29, 0.717) is 65.1 Å². The fraction of sp³-hybridized carbons (Fsp3) is 0.559. The van der Waals surface area contributed by atoms with Crippen LogP contribution < -0.4 is 19.9 Å². The fourth-order valence-electron chi connectivity index (χ4n) is 8.86. The van der Waals surface area contributed by atoms with Crippen molar-refractivity contribution in [2.75, 3.05) is 49.1 Å². The highest BCUT2D eigenvalue weighted by atomic mass is 19.1. The summed E-state index contributed by atoms with van der Waals surface area (Å²) < 4.78 is 35.9. The van der Waals surface area contributed by atoms with E-state index >= 15 is 4.39 Å². The number of aryl methyl sites for hydroxylation is 1. The van der Waals surface area contributed by atoms with Gasteiger partial charge in [-0.15, -0.1) is 0 Å². The van der Waals surface area contributed by atoms with Gasteiger partial charge in [-0.25, -0.2) is 8.78 Å². The van der Waals surface area contributed by atoms with Gasteiger partial charge in [0.25, 0.3) is 5.91 Å². The van der Waals surface area contributed by atoms with E-state index in [2.05, 4.69) is 15.1 Å². The Hall–Kier alpha value is -3.57. The Kier molecular flexibility index (Phi) is 6.90. The van der Waals surface area contributed by atoms with Gasteiger partial charge in [0.15, 0.2) is 0 Å². The number of carbonyl (C=O) groups is 1. The monoisotopic (exact) mass is 618 g/mol. The lowest BCUT2D eigenvalue weighted by Gasteiger charge is -2.41. The molecule has 5 aliphatic rings. The van der Waals surface area contributed by atoms with Crippen molar-refractivity contribution in [2.24, 2.45) is 0 Å². The first-order valence-corrected chi connectivity index (χ1v) is 16.5. The molecule has 3 atom stereocenters. The Balaban J connectivity index is 1.20. The molecule has 5 aliphatic heterocycles. The van der Waals surface area contributed by atoms with Crippen LogP contribution in [0.5, 0.6) is 11.8 Å². The average Bonchev–Trinajstić information content (AvgIpc) is 3.78. The summed E-state index contributed by atoms with van der Waals surface area (Å²) in [5.74, 6) is -0.0704. The van der Waals surface area contributed by atoms with Gasteiger partial charge in [-0.1, -0.05) is 13.0 Å². The van der Waals surface area contributed by atoms with Crippen LogP contribution in [0, 0.1) is 5.82 Å². The van der Waals surface area contributed by atoms with Crippen LogP contribution in [0.2, 0.25) is 0 Å². The number of ether oxygens (including phenoxy) is 1. The minimum atomic E-state index is -0.866. The molecule has 1 spiro atoms. The maximum absolute atomic E-state index is 15.0. The SMILES string of the molecule is CCc1c(F)ccc2cc(O)cc(N3Cc4nc(OCC56CCCN5CC(F)C6)nc(N5CCCC6(CCCN6)C5)c4C3=O)c12. The van der Waals surface area contributed by atoms with E-state index in [9.17, 15) is 14.3 Å². The number of fused-ring (bicyclic) bond motifs is 3. The van der Waals surface area contributed by atoms with Gasteiger partial charge in [0.1, 0.15) is 35.7 Å². The Labute approximate surface area is 261 Å². The second-order valence-corrected chi connectivity index (χ2v) is 13.7. The molecule has 45 heavy (non-hydrogen) atoms. The molecular formula is C34H40F2N6O3. The van der Waals surface area contributed by atoms with Crippen molar-refractivity contribution in [3.8, 4) is 11.8 Å². The topological polar surface area (TPSA) is 94.1 Å². The zero-order valence-corrected chi connectivity index (χ0v) is 25.7. The number of benzene rings is 2. The third-order valence-corrected chi connectivity index (χ3v) is 10.9. The summed E-state index contributed by atoms with van der Waals surface area (Å²) in [4.78, 5) is 30.1. The van der Waals surface area contributed by atoms with E-state index in [4.69, 9.17) is 14.7 Å². The maximum atomic E-state index is 15.0. The van der Waals surface area contributed by atoms with Gasteiger partial charge in [-0.3, -0.25) is 9.69 Å². The molecule has 4 saturated heterocycles. The van der Waals surface area contributed by atoms with E-state index in [0.717, 1.165) is 64.7 Å². The predicted molar refractivity (Wildman–Crippen MR) is 167 cm³/mol. The number of anilines is 2. The number of halogens is 2. The first-order chi connectivity index (χ1) is 21.8. The number of carbonyl (C=O) groups excluding carboxylic acids is 1. The van der Waals surface area contributed by atoms with Crippen molar-refractivity contribution in [3.63, 3.8) is 0 Å². The zero-order chi connectivity index (χ0) is 30.9. The molecule has 4 fully saturated rings. The van der Waals surface area contributed by atoms with Crippen molar-refractivity contribution in [1.29, 1.82) is 0 Å². The summed E-state index contributed by atoms with van der Waals surface area (Å²) in [6.07, 6.45) is 6.12. The molecule has 11 heteroatoms. The molecule has 1 aromatic heterocycles. The third-order valence-electron chi connectivity index (χ3n) is 10.9. The van der Waals surface area contributed by atoms with Crippen LogP contribution in [-0.2, 0) is 13.0 Å². The van der Waals surface area contributed by atoms with Gasteiger partial charge >= 0.3 is 6.01 Å². The number of amides is 1. The second kappa shape index (κ2) is 10.8. The normalized spacial score (nSPS) is 28.1. The molecule has 0 bridgehead atoms. The van der Waals surface area contributed by atoms with Crippen molar-refractivity contribution < 1.29 is 23.4 Å². The first kappa shape index (κ1) is 28.9. The van der Waals surface area contributed by atoms with Crippen LogP contribution in [0.3, 0.4) is 0 Å². The summed E-state index contributed by atoms with van der Waals surface area (Å²) in [5, 5.41) is 15.7. The molecule has 6 heterocycles. The molecule has 0 aliphatic carbocycles. The Morgan fingerprint density at radius 2 is 1.98 bits per heavy atom. The van der Waals surface area contributed by atoms with E-state index in [1.165, 1.54) is 12.1 Å². The minimum absolute atomic E-state index is 0.00127. The van der Waals surface area contributed by atoms with Gasteiger partial charge in [0.2, 0.25) is 0 Å². The summed E-state index contributed by atoms with van der Waals surface area (Å²) >= 11 is 0. The molecule has 2 N–H and O–H groups in total. The smallest absolute Gasteiger partial charge is 0.318 e. The molecule has 1 amide bonds. The predicted octanol–water partition coefficient (Wildman–Crippen LogP) is 4.87. The molecular weight excluding hydrogens is 578 g/mol. The molecule has 0 saturated carbocycles. The van der Waals surface area contributed by atoms with Crippen LogP contribution in [0.15, 0.2) is 24.3 Å². The summed E-state index contributed by atoms with van der Waals surface area (Å²) in [7, 11) is 0. The third kappa shape index (κ3) is 4.72. The largest absolute Gasteiger partial charge is 0.508 e. The highest BCUT2D eigenvalue weighted by Crippen LogP contribution is 2.43. The van der Waals surface area contributed by atoms with Gasteiger partial charge < -0.3 is 25.0 Å². The van der Waals surface area contributed by atoms with Crippen LogP contribution in [0.1, 0.15) is 73.5 Å². The van der Waals surface area contributed by atoms with E-state index in [1.807, 2.05) is 6.92 Å². The minimum Gasteiger partial charge on any atom is -0.508 e. The standard InChI is InChI=1S/C34H40F2N6O3/c1-2-24-25(36)7-6-21-14-23(43)15-27(28(21)24)42-18-26-29(31(42)44)30(40-12-4-9-33(19-40)8-3-11-37-33)39-32(38-26)45-20-34-10-5-13-41(34)17-22(35)16-34/h6-7,14-15,22,37,43H,2-5,8-13,16-20H2,1H3. The van der Waals surface area contributed by atoms with Crippen molar-refractivity contribution in [2.45, 2.75) is 82.1 Å². The summed E-state index contributed by atoms with van der Waals surface area (Å²) in [6, 6.07) is 6.37. The van der Waals surface area contributed by atoms with Gasteiger partial charge in [0.05, 0.1) is 23.5 Å². The number of piperidine rings is 1. The van der Waals surface area contributed by atoms with Crippen molar-refractivity contribution >= 4 is 28.2 Å². The van der Waals surface area contributed by atoms with Gasteiger partial charge in [-0.2, -0.15) is 9.97 Å². The Bertz CT molecular complexity index is 1680. The van der Waals surface area contributed by atoms with Crippen LogP contribution in [0.4, 0.5) is 20.3 Å². The number of phenolic OH excluding ortho intramolecular Hbond substituents is 1. The highest BCUT2D eigenvalue weighted by Gasteiger charge is 2.50. The van der Waals surface area contributed by atoms with Crippen molar-refractivity contribution in [1.82, 2.24) is 20.2 Å². The molecule has 3 aromatic rings. The lowest BCUT2D eigenvalue weighted by molar-refractivity contribution is 0.0995. The van der Waals surface area contributed by atoms with Gasteiger partial charge in [-0.05, 0) is 81.1 Å². The van der Waals surface area contributed by atoms with Crippen LogP contribution in [0.25, 0.3) is 10.8 Å². The molecule has 2 aromatic carbocycles. The number of phenols is 1. The molecule has 9 nitrogen and oxygen atoms in total. The number of hydrogen-bond donors (Lipinski definition) is 2.